The van der Waals surface area contributed by atoms with E-state index in [0.29, 0.717) is 11.3 Å². The highest BCUT2D eigenvalue weighted by Gasteiger charge is 2.02. The minimum absolute atomic E-state index is 0.413. The Morgan fingerprint density at radius 3 is 2.14 bits per heavy atom. The van der Waals surface area contributed by atoms with Gasteiger partial charge in [-0.2, -0.15) is 5.26 Å². The predicted octanol–water partition coefficient (Wildman–Crippen LogP) is 4.26. The Morgan fingerprint density at radius 2 is 1.59 bits per heavy atom. The quantitative estimate of drug-likeness (QED) is 0.365. The van der Waals surface area contributed by atoms with E-state index in [2.05, 4.69) is 6.07 Å². The molecule has 0 aliphatic carbocycles. The summed E-state index contributed by atoms with van der Waals surface area (Å²) in [6.07, 6.45) is 6.59. The standard InChI is InChI=1S/C19H15NO2/c1-2-3-4-5-19(21)22-18-12-10-17(11-13-18)16-8-6-15(14-20)7-9-16/h2-13H,1H3. The van der Waals surface area contributed by atoms with Crippen molar-refractivity contribution in [2.24, 2.45) is 0 Å². The van der Waals surface area contributed by atoms with E-state index in [1.54, 1.807) is 36.4 Å². The van der Waals surface area contributed by atoms with Gasteiger partial charge in [-0.3, -0.25) is 0 Å². The summed E-state index contributed by atoms with van der Waals surface area (Å²) in [5.41, 5.74) is 2.63. The van der Waals surface area contributed by atoms with Crippen molar-refractivity contribution in [3.05, 3.63) is 78.4 Å². The lowest BCUT2D eigenvalue weighted by molar-refractivity contribution is -0.128. The summed E-state index contributed by atoms with van der Waals surface area (Å²) in [4.78, 5) is 11.5. The molecule has 0 aliphatic heterocycles. The molecule has 2 aromatic rings. The zero-order chi connectivity index (χ0) is 15.8. The average molecular weight is 289 g/mol. The van der Waals surface area contributed by atoms with Crippen molar-refractivity contribution in [3.8, 4) is 22.9 Å². The third-order valence-corrected chi connectivity index (χ3v) is 2.96. The van der Waals surface area contributed by atoms with Crippen LogP contribution in [0, 0.1) is 11.3 Å². The molecule has 0 bridgehead atoms. The van der Waals surface area contributed by atoms with Crippen LogP contribution < -0.4 is 4.74 Å². The average Bonchev–Trinajstić information content (AvgIpc) is 2.56. The molecular formula is C19H15NO2. The van der Waals surface area contributed by atoms with Crippen molar-refractivity contribution in [2.75, 3.05) is 0 Å². The van der Waals surface area contributed by atoms with Gasteiger partial charge >= 0.3 is 5.97 Å². The van der Waals surface area contributed by atoms with Gasteiger partial charge in [0.05, 0.1) is 11.6 Å². The van der Waals surface area contributed by atoms with E-state index in [0.717, 1.165) is 11.1 Å². The number of benzene rings is 2. The van der Waals surface area contributed by atoms with Gasteiger partial charge in [0.25, 0.3) is 0 Å². The van der Waals surface area contributed by atoms with Crippen molar-refractivity contribution in [2.45, 2.75) is 6.92 Å². The van der Waals surface area contributed by atoms with Crippen molar-refractivity contribution >= 4 is 5.97 Å². The highest BCUT2D eigenvalue weighted by Crippen LogP contribution is 2.22. The second kappa shape index (κ2) is 7.61. The smallest absolute Gasteiger partial charge is 0.336 e. The highest BCUT2D eigenvalue weighted by molar-refractivity contribution is 5.84. The molecule has 0 N–H and O–H groups in total. The maximum Gasteiger partial charge on any atom is 0.336 e. The van der Waals surface area contributed by atoms with Crippen molar-refractivity contribution in [1.29, 1.82) is 5.26 Å². The Balaban J connectivity index is 2.06. The zero-order valence-electron chi connectivity index (χ0n) is 12.2. The summed E-state index contributed by atoms with van der Waals surface area (Å²) in [5.74, 6) is 0.0803. The number of rotatable bonds is 4. The Bertz CT molecular complexity index is 732. The number of nitriles is 1. The van der Waals surface area contributed by atoms with Crippen LogP contribution in [0.15, 0.2) is 72.8 Å². The fourth-order valence-corrected chi connectivity index (χ4v) is 1.85. The summed E-state index contributed by atoms with van der Waals surface area (Å²) in [6.45, 7) is 1.87. The van der Waals surface area contributed by atoms with Gasteiger partial charge in [-0.05, 0) is 42.3 Å². The number of carbonyl (C=O) groups excluding carboxylic acids is 1. The number of carbonyl (C=O) groups is 1. The third kappa shape index (κ3) is 4.19. The first-order valence-corrected chi connectivity index (χ1v) is 6.84. The van der Waals surface area contributed by atoms with Gasteiger partial charge in [0.15, 0.2) is 0 Å². The highest BCUT2D eigenvalue weighted by atomic mass is 16.5. The van der Waals surface area contributed by atoms with Crippen molar-refractivity contribution < 1.29 is 9.53 Å². The molecule has 108 valence electrons. The Hall–Kier alpha value is -3.12. The van der Waals surface area contributed by atoms with Gasteiger partial charge < -0.3 is 4.74 Å². The normalized spacial score (nSPS) is 10.7. The molecule has 2 rings (SSSR count). The maximum absolute atomic E-state index is 11.5. The Kier molecular flexibility index (Phi) is 5.28. The molecule has 0 heterocycles. The van der Waals surface area contributed by atoms with E-state index in [9.17, 15) is 4.79 Å². The van der Waals surface area contributed by atoms with Gasteiger partial charge in [-0.1, -0.05) is 42.5 Å². The molecule has 0 aromatic heterocycles. The lowest BCUT2D eigenvalue weighted by Crippen LogP contribution is -2.03. The molecule has 0 atom stereocenters. The van der Waals surface area contributed by atoms with Crippen molar-refractivity contribution in [3.63, 3.8) is 0 Å². The van der Waals surface area contributed by atoms with Gasteiger partial charge in [-0.15, -0.1) is 0 Å². The van der Waals surface area contributed by atoms with Gasteiger partial charge in [0.2, 0.25) is 0 Å². The minimum atomic E-state index is -0.413. The van der Waals surface area contributed by atoms with Crippen LogP contribution in [0.1, 0.15) is 12.5 Å². The first-order valence-electron chi connectivity index (χ1n) is 6.84. The molecule has 0 radical (unpaired) electrons. The van der Waals surface area contributed by atoms with Crippen molar-refractivity contribution in [1.82, 2.24) is 0 Å². The van der Waals surface area contributed by atoms with Gasteiger partial charge in [-0.25, -0.2) is 4.79 Å². The summed E-state index contributed by atoms with van der Waals surface area (Å²) in [6, 6.07) is 16.7. The molecule has 3 heteroatoms. The molecule has 0 amide bonds. The van der Waals surface area contributed by atoms with Crippen LogP contribution >= 0.6 is 0 Å². The van der Waals surface area contributed by atoms with Crippen LogP contribution in [0.2, 0.25) is 0 Å². The summed E-state index contributed by atoms with van der Waals surface area (Å²) in [5, 5.41) is 8.79. The molecule has 0 saturated carbocycles. The molecular weight excluding hydrogens is 274 g/mol. The largest absolute Gasteiger partial charge is 0.423 e. The molecule has 22 heavy (non-hydrogen) atoms. The van der Waals surface area contributed by atoms with Crippen LogP contribution in [0.5, 0.6) is 5.75 Å². The van der Waals surface area contributed by atoms with E-state index in [-0.39, 0.29) is 0 Å². The molecule has 0 aliphatic rings. The fraction of sp³-hybridized carbons (Fsp3) is 0.0526. The number of allylic oxidation sites excluding steroid dienone is 3. The summed E-state index contributed by atoms with van der Waals surface area (Å²) < 4.78 is 5.19. The number of hydrogen-bond acceptors (Lipinski definition) is 3. The second-order valence-corrected chi connectivity index (χ2v) is 4.52. The SMILES string of the molecule is CC=CC=CC(=O)Oc1ccc(-c2ccc(C#N)cc2)cc1. The maximum atomic E-state index is 11.5. The van der Waals surface area contributed by atoms with Crippen LogP contribution in [0.25, 0.3) is 11.1 Å². The molecule has 0 saturated heterocycles. The van der Waals surface area contributed by atoms with Crippen LogP contribution in [0.3, 0.4) is 0 Å². The third-order valence-electron chi connectivity index (χ3n) is 2.96. The number of nitrogens with zero attached hydrogens (tertiary/aromatic N) is 1. The van der Waals surface area contributed by atoms with Gasteiger partial charge in [0, 0.05) is 6.08 Å². The lowest BCUT2D eigenvalue weighted by Gasteiger charge is -2.04. The van der Waals surface area contributed by atoms with Crippen LogP contribution in [0.4, 0.5) is 0 Å². The number of ether oxygens (including phenoxy) is 1. The van der Waals surface area contributed by atoms with E-state index in [4.69, 9.17) is 10.00 Å². The van der Waals surface area contributed by atoms with E-state index in [1.807, 2.05) is 37.3 Å². The molecule has 0 unspecified atom stereocenters. The molecule has 2 aromatic carbocycles. The van der Waals surface area contributed by atoms with E-state index >= 15 is 0 Å². The van der Waals surface area contributed by atoms with Gasteiger partial charge in [0.1, 0.15) is 5.75 Å². The predicted molar refractivity (Wildman–Crippen MR) is 86.2 cm³/mol. The summed E-state index contributed by atoms with van der Waals surface area (Å²) >= 11 is 0. The zero-order valence-corrected chi connectivity index (χ0v) is 12.2. The minimum Gasteiger partial charge on any atom is -0.423 e. The number of esters is 1. The van der Waals surface area contributed by atoms with E-state index in [1.165, 1.54) is 6.08 Å². The first kappa shape index (κ1) is 15.3. The molecule has 3 nitrogen and oxygen atoms in total. The van der Waals surface area contributed by atoms with Crippen LogP contribution in [-0.2, 0) is 4.79 Å². The Morgan fingerprint density at radius 1 is 1.00 bits per heavy atom. The summed E-state index contributed by atoms with van der Waals surface area (Å²) in [7, 11) is 0. The fourth-order valence-electron chi connectivity index (χ4n) is 1.85. The first-order chi connectivity index (χ1) is 10.7. The molecule has 0 spiro atoms. The molecule has 0 fully saturated rings. The lowest BCUT2D eigenvalue weighted by atomic mass is 10.0. The number of hydrogen-bond donors (Lipinski definition) is 0. The Labute approximate surface area is 129 Å². The topological polar surface area (TPSA) is 50.1 Å². The monoisotopic (exact) mass is 289 g/mol. The van der Waals surface area contributed by atoms with E-state index < -0.39 is 5.97 Å². The van der Waals surface area contributed by atoms with Crippen LogP contribution in [-0.4, -0.2) is 5.97 Å². The second-order valence-electron chi connectivity index (χ2n) is 4.52.